The summed E-state index contributed by atoms with van der Waals surface area (Å²) >= 11 is 1.65. The van der Waals surface area contributed by atoms with Crippen LogP contribution in [0.2, 0.25) is 0 Å². The van der Waals surface area contributed by atoms with Crippen LogP contribution in [0, 0.1) is 0 Å². The van der Waals surface area contributed by atoms with Crippen LogP contribution in [0.25, 0.3) is 11.1 Å². The van der Waals surface area contributed by atoms with E-state index in [0.717, 1.165) is 48.8 Å². The van der Waals surface area contributed by atoms with Crippen molar-refractivity contribution in [2.45, 2.75) is 43.9 Å². The monoisotopic (exact) mass is 335 g/mol. The van der Waals surface area contributed by atoms with Crippen molar-refractivity contribution in [3.8, 4) is 11.1 Å². The Labute approximate surface area is 136 Å². The van der Waals surface area contributed by atoms with Crippen molar-refractivity contribution in [2.24, 2.45) is 0 Å². The van der Waals surface area contributed by atoms with Gasteiger partial charge in [-0.2, -0.15) is 11.3 Å². The highest BCUT2D eigenvalue weighted by atomic mass is 32.2. The molecule has 3 nitrogen and oxygen atoms in total. The molecule has 5 heteroatoms. The Morgan fingerprint density at radius 1 is 1.09 bits per heavy atom. The first kappa shape index (κ1) is 15.7. The molecule has 118 valence electrons. The molecule has 0 radical (unpaired) electrons. The number of sulfonamides is 1. The summed E-state index contributed by atoms with van der Waals surface area (Å²) in [5, 5.41) is 3.92. The average molecular weight is 335 g/mol. The molecule has 22 heavy (non-hydrogen) atoms. The zero-order valence-corrected chi connectivity index (χ0v) is 14.1. The van der Waals surface area contributed by atoms with Gasteiger partial charge in [-0.25, -0.2) is 13.1 Å². The molecule has 1 N–H and O–H groups in total. The molecule has 0 unspecified atom stereocenters. The molecule has 0 bridgehead atoms. The molecule has 1 aromatic heterocycles. The largest absolute Gasteiger partial charge is 0.214 e. The summed E-state index contributed by atoms with van der Waals surface area (Å²) in [4.78, 5) is 0. The quantitative estimate of drug-likeness (QED) is 0.891. The normalized spacial score (nSPS) is 16.7. The van der Waals surface area contributed by atoms with Crippen LogP contribution >= 0.6 is 11.3 Å². The molecule has 2 aromatic rings. The fourth-order valence-corrected chi connectivity index (χ4v) is 5.25. The topological polar surface area (TPSA) is 46.2 Å². The summed E-state index contributed by atoms with van der Waals surface area (Å²) in [7, 11) is -3.21. The van der Waals surface area contributed by atoms with Crippen molar-refractivity contribution in [1.29, 1.82) is 0 Å². The predicted molar refractivity (Wildman–Crippen MR) is 92.4 cm³/mol. The number of nitrogens with one attached hydrogen (secondary N) is 1. The van der Waals surface area contributed by atoms with Crippen LogP contribution in [0.1, 0.15) is 37.7 Å². The lowest BCUT2D eigenvalue weighted by Gasteiger charge is -2.22. The minimum atomic E-state index is -3.21. The molecule has 0 atom stereocenters. The molecular formula is C17H21NO2S2. The fourth-order valence-electron chi connectivity index (χ4n) is 3.05. The number of benzene rings is 1. The summed E-state index contributed by atoms with van der Waals surface area (Å²) in [6.45, 7) is 0.366. The van der Waals surface area contributed by atoms with Gasteiger partial charge in [0.15, 0.2) is 0 Å². The maximum absolute atomic E-state index is 12.4. The van der Waals surface area contributed by atoms with Gasteiger partial charge in [0.25, 0.3) is 0 Å². The molecule has 1 heterocycles. The van der Waals surface area contributed by atoms with Crippen LogP contribution in [-0.4, -0.2) is 13.7 Å². The number of rotatable bonds is 5. The molecule has 3 rings (SSSR count). The zero-order valence-electron chi connectivity index (χ0n) is 12.5. The fraction of sp³-hybridized carbons (Fsp3) is 0.412. The third-order valence-corrected chi connectivity index (χ3v) is 6.88. The van der Waals surface area contributed by atoms with Crippen molar-refractivity contribution >= 4 is 21.4 Å². The number of hydrogen-bond acceptors (Lipinski definition) is 3. The van der Waals surface area contributed by atoms with E-state index in [4.69, 9.17) is 0 Å². The molecular weight excluding hydrogens is 314 g/mol. The van der Waals surface area contributed by atoms with Gasteiger partial charge in [0.05, 0.1) is 5.25 Å². The summed E-state index contributed by atoms with van der Waals surface area (Å²) < 4.78 is 27.7. The first-order chi connectivity index (χ1) is 10.7. The van der Waals surface area contributed by atoms with Gasteiger partial charge >= 0.3 is 0 Å². The predicted octanol–water partition coefficient (Wildman–Crippen LogP) is 4.17. The van der Waals surface area contributed by atoms with Gasteiger partial charge in [0.1, 0.15) is 0 Å². The Bertz CT molecular complexity index is 702. The van der Waals surface area contributed by atoms with E-state index >= 15 is 0 Å². The molecule has 0 saturated heterocycles. The van der Waals surface area contributed by atoms with Crippen LogP contribution in [0.5, 0.6) is 0 Å². The van der Waals surface area contributed by atoms with Gasteiger partial charge in [-0.05, 0) is 46.4 Å². The number of thiophene rings is 1. The van der Waals surface area contributed by atoms with E-state index in [2.05, 4.69) is 16.2 Å². The SMILES string of the molecule is O=S(=O)(NCc1ccccc1-c1ccsc1)C1CCCCC1. The first-order valence-corrected chi connectivity index (χ1v) is 10.2. The van der Waals surface area contributed by atoms with Crippen molar-refractivity contribution in [3.05, 3.63) is 46.7 Å². The van der Waals surface area contributed by atoms with E-state index in [-0.39, 0.29) is 5.25 Å². The molecule has 0 spiro atoms. The standard InChI is InChI=1S/C17H21NO2S2/c19-22(20,16-7-2-1-3-8-16)18-12-14-6-4-5-9-17(14)15-10-11-21-13-15/h4-6,9-11,13,16,18H,1-3,7-8,12H2. The van der Waals surface area contributed by atoms with Crippen molar-refractivity contribution < 1.29 is 8.42 Å². The second-order valence-corrected chi connectivity index (χ2v) is 8.62. The van der Waals surface area contributed by atoms with Crippen LogP contribution in [0.3, 0.4) is 0 Å². The van der Waals surface area contributed by atoms with Gasteiger partial charge in [-0.1, -0.05) is 43.5 Å². The van der Waals surface area contributed by atoms with Crippen molar-refractivity contribution in [3.63, 3.8) is 0 Å². The molecule has 0 amide bonds. The van der Waals surface area contributed by atoms with Crippen molar-refractivity contribution in [2.75, 3.05) is 0 Å². The lowest BCUT2D eigenvalue weighted by molar-refractivity contribution is 0.477. The lowest BCUT2D eigenvalue weighted by Crippen LogP contribution is -2.35. The molecule has 0 aliphatic heterocycles. The Hall–Kier alpha value is -1.17. The zero-order chi connectivity index (χ0) is 15.4. The maximum Gasteiger partial charge on any atom is 0.214 e. The molecule has 1 fully saturated rings. The highest BCUT2D eigenvalue weighted by molar-refractivity contribution is 7.90. The van der Waals surface area contributed by atoms with Crippen LogP contribution in [-0.2, 0) is 16.6 Å². The molecule has 1 aromatic carbocycles. The van der Waals surface area contributed by atoms with E-state index in [9.17, 15) is 8.42 Å². The second kappa shape index (κ2) is 6.94. The summed E-state index contributed by atoms with van der Waals surface area (Å²) in [5.74, 6) is 0. The Morgan fingerprint density at radius 3 is 2.59 bits per heavy atom. The van der Waals surface area contributed by atoms with Gasteiger partial charge in [0.2, 0.25) is 10.0 Å². The summed E-state index contributed by atoms with van der Waals surface area (Å²) in [6, 6.07) is 10.1. The van der Waals surface area contributed by atoms with Gasteiger partial charge in [0, 0.05) is 6.54 Å². The Kier molecular flexibility index (Phi) is 4.96. The van der Waals surface area contributed by atoms with Crippen LogP contribution < -0.4 is 4.72 Å². The minimum absolute atomic E-state index is 0.213. The molecule has 1 saturated carbocycles. The second-order valence-electron chi connectivity index (χ2n) is 5.80. The van der Waals surface area contributed by atoms with Crippen molar-refractivity contribution in [1.82, 2.24) is 4.72 Å². The van der Waals surface area contributed by atoms with E-state index in [0.29, 0.717) is 6.54 Å². The van der Waals surface area contributed by atoms with Crippen LogP contribution in [0.4, 0.5) is 0 Å². The van der Waals surface area contributed by atoms with E-state index in [1.165, 1.54) is 0 Å². The lowest BCUT2D eigenvalue weighted by atomic mass is 10.0. The summed E-state index contributed by atoms with van der Waals surface area (Å²) in [5.41, 5.74) is 3.29. The first-order valence-electron chi connectivity index (χ1n) is 7.76. The third kappa shape index (κ3) is 3.59. The smallest absolute Gasteiger partial charge is 0.212 e. The molecule has 1 aliphatic carbocycles. The van der Waals surface area contributed by atoms with Gasteiger partial charge < -0.3 is 0 Å². The third-order valence-electron chi connectivity index (χ3n) is 4.30. The maximum atomic E-state index is 12.4. The summed E-state index contributed by atoms with van der Waals surface area (Å²) in [6.07, 6.45) is 4.80. The van der Waals surface area contributed by atoms with Crippen LogP contribution in [0.15, 0.2) is 41.1 Å². The van der Waals surface area contributed by atoms with E-state index < -0.39 is 10.0 Å². The van der Waals surface area contributed by atoms with E-state index in [1.54, 1.807) is 11.3 Å². The van der Waals surface area contributed by atoms with Gasteiger partial charge in [-0.3, -0.25) is 0 Å². The Balaban J connectivity index is 1.74. The number of hydrogen-bond donors (Lipinski definition) is 1. The van der Waals surface area contributed by atoms with E-state index in [1.807, 2.05) is 29.6 Å². The average Bonchev–Trinajstić information content (AvgIpc) is 3.08. The minimum Gasteiger partial charge on any atom is -0.212 e. The molecule has 1 aliphatic rings. The van der Waals surface area contributed by atoms with Gasteiger partial charge in [-0.15, -0.1) is 0 Å². The Morgan fingerprint density at radius 2 is 1.86 bits per heavy atom. The highest BCUT2D eigenvalue weighted by Crippen LogP contribution is 2.27. The highest BCUT2D eigenvalue weighted by Gasteiger charge is 2.26.